The summed E-state index contributed by atoms with van der Waals surface area (Å²) in [6.45, 7) is 3.01. The fourth-order valence-corrected chi connectivity index (χ4v) is 2.77. The van der Waals surface area contributed by atoms with E-state index in [4.69, 9.17) is 4.42 Å². The molecular weight excluding hydrogens is 258 g/mol. The van der Waals surface area contributed by atoms with E-state index in [1.807, 2.05) is 23.7 Å². The lowest BCUT2D eigenvalue weighted by atomic mass is 10.1. The van der Waals surface area contributed by atoms with Gasteiger partial charge in [0.05, 0.1) is 12.0 Å². The molecule has 3 rings (SSSR count). The van der Waals surface area contributed by atoms with Crippen LogP contribution < -0.4 is 5.32 Å². The van der Waals surface area contributed by atoms with E-state index in [1.165, 1.54) is 0 Å². The van der Waals surface area contributed by atoms with E-state index >= 15 is 0 Å². The van der Waals surface area contributed by atoms with E-state index in [0.29, 0.717) is 6.04 Å². The molecule has 3 aromatic rings. The van der Waals surface area contributed by atoms with Gasteiger partial charge >= 0.3 is 0 Å². The summed E-state index contributed by atoms with van der Waals surface area (Å²) < 4.78 is 7.40. The van der Waals surface area contributed by atoms with E-state index in [1.54, 1.807) is 17.6 Å². The van der Waals surface area contributed by atoms with Gasteiger partial charge in [0.2, 0.25) is 0 Å². The SMILES string of the molecule is CC(CCc1ccco1)NCc1cn2ccsc2n1. The summed E-state index contributed by atoms with van der Waals surface area (Å²) in [5.41, 5.74) is 1.09. The van der Waals surface area contributed by atoms with Crippen molar-refractivity contribution in [3.8, 4) is 0 Å². The summed E-state index contributed by atoms with van der Waals surface area (Å²) in [5, 5.41) is 5.55. The van der Waals surface area contributed by atoms with Crippen molar-refractivity contribution in [2.75, 3.05) is 0 Å². The highest BCUT2D eigenvalue weighted by molar-refractivity contribution is 7.15. The Morgan fingerprint density at radius 3 is 3.26 bits per heavy atom. The number of aromatic nitrogens is 2. The van der Waals surface area contributed by atoms with Gasteiger partial charge in [0, 0.05) is 36.8 Å². The summed E-state index contributed by atoms with van der Waals surface area (Å²) >= 11 is 1.66. The number of rotatable bonds is 6. The molecule has 0 aliphatic heterocycles. The molecule has 100 valence electrons. The van der Waals surface area contributed by atoms with Crippen LogP contribution >= 0.6 is 11.3 Å². The molecule has 4 nitrogen and oxygen atoms in total. The Labute approximate surface area is 116 Å². The second-order valence-corrected chi connectivity index (χ2v) is 5.60. The van der Waals surface area contributed by atoms with E-state index in [9.17, 15) is 0 Å². The fraction of sp³-hybridized carbons (Fsp3) is 0.357. The first kappa shape index (κ1) is 12.4. The van der Waals surface area contributed by atoms with Crippen LogP contribution in [0.1, 0.15) is 24.8 Å². The molecule has 0 aromatic carbocycles. The molecule has 0 aliphatic carbocycles. The van der Waals surface area contributed by atoms with Crippen molar-refractivity contribution in [3.05, 3.63) is 47.6 Å². The first-order valence-corrected chi connectivity index (χ1v) is 7.36. The molecule has 0 saturated heterocycles. The second kappa shape index (κ2) is 5.59. The van der Waals surface area contributed by atoms with Crippen LogP contribution in [0.25, 0.3) is 4.96 Å². The maximum Gasteiger partial charge on any atom is 0.193 e. The lowest BCUT2D eigenvalue weighted by Crippen LogP contribution is -2.26. The topological polar surface area (TPSA) is 42.5 Å². The van der Waals surface area contributed by atoms with Crippen molar-refractivity contribution in [3.63, 3.8) is 0 Å². The quantitative estimate of drug-likeness (QED) is 0.751. The van der Waals surface area contributed by atoms with Gasteiger partial charge in [0.15, 0.2) is 4.96 Å². The van der Waals surface area contributed by atoms with E-state index in [0.717, 1.165) is 35.8 Å². The normalized spacial score (nSPS) is 13.1. The van der Waals surface area contributed by atoms with Crippen LogP contribution in [-0.4, -0.2) is 15.4 Å². The third-order valence-electron chi connectivity index (χ3n) is 3.18. The van der Waals surface area contributed by atoms with Gasteiger partial charge in [-0.25, -0.2) is 4.98 Å². The molecule has 19 heavy (non-hydrogen) atoms. The number of hydrogen-bond donors (Lipinski definition) is 1. The highest BCUT2D eigenvalue weighted by Crippen LogP contribution is 2.11. The lowest BCUT2D eigenvalue weighted by molar-refractivity contribution is 0.458. The molecule has 5 heteroatoms. The zero-order valence-corrected chi connectivity index (χ0v) is 11.7. The van der Waals surface area contributed by atoms with Crippen molar-refractivity contribution >= 4 is 16.3 Å². The van der Waals surface area contributed by atoms with Crippen LogP contribution in [0.15, 0.2) is 40.6 Å². The number of thiazole rings is 1. The van der Waals surface area contributed by atoms with Gasteiger partial charge in [-0.05, 0) is 25.5 Å². The van der Waals surface area contributed by atoms with Crippen molar-refractivity contribution < 1.29 is 4.42 Å². The number of hydrogen-bond acceptors (Lipinski definition) is 4. The predicted molar refractivity (Wildman–Crippen MR) is 76.4 cm³/mol. The van der Waals surface area contributed by atoms with Crippen molar-refractivity contribution in [1.82, 2.24) is 14.7 Å². The van der Waals surface area contributed by atoms with E-state index in [2.05, 4.69) is 27.8 Å². The minimum atomic E-state index is 0.449. The molecule has 0 bridgehead atoms. The number of nitrogens with one attached hydrogen (secondary N) is 1. The van der Waals surface area contributed by atoms with Gasteiger partial charge < -0.3 is 9.73 Å². The average Bonchev–Trinajstić information content (AvgIpc) is 3.09. The summed E-state index contributed by atoms with van der Waals surface area (Å²) in [6.07, 6.45) is 7.88. The summed E-state index contributed by atoms with van der Waals surface area (Å²) in [5.74, 6) is 1.05. The highest BCUT2D eigenvalue weighted by atomic mass is 32.1. The first-order valence-electron chi connectivity index (χ1n) is 6.48. The van der Waals surface area contributed by atoms with Crippen LogP contribution in [0, 0.1) is 0 Å². The van der Waals surface area contributed by atoms with Crippen LogP contribution in [0.3, 0.4) is 0 Å². The summed E-state index contributed by atoms with van der Waals surface area (Å²) in [7, 11) is 0. The van der Waals surface area contributed by atoms with Crippen molar-refractivity contribution in [1.29, 1.82) is 0 Å². The largest absolute Gasteiger partial charge is 0.469 e. The highest BCUT2D eigenvalue weighted by Gasteiger charge is 2.06. The smallest absolute Gasteiger partial charge is 0.193 e. The molecule has 3 heterocycles. The molecule has 1 atom stereocenters. The van der Waals surface area contributed by atoms with E-state index in [-0.39, 0.29) is 0 Å². The molecule has 0 amide bonds. The Hall–Kier alpha value is -1.59. The van der Waals surface area contributed by atoms with Crippen molar-refractivity contribution in [2.24, 2.45) is 0 Å². The van der Waals surface area contributed by atoms with Crippen LogP contribution in [0.2, 0.25) is 0 Å². The minimum Gasteiger partial charge on any atom is -0.469 e. The first-order chi connectivity index (χ1) is 9.31. The van der Waals surface area contributed by atoms with Gasteiger partial charge in [-0.2, -0.15) is 0 Å². The average molecular weight is 275 g/mol. The second-order valence-electron chi connectivity index (χ2n) is 4.73. The molecule has 0 radical (unpaired) electrons. The number of aryl methyl sites for hydroxylation is 1. The van der Waals surface area contributed by atoms with Gasteiger partial charge in [-0.3, -0.25) is 4.40 Å². The Kier molecular flexibility index (Phi) is 3.66. The lowest BCUT2D eigenvalue weighted by Gasteiger charge is -2.11. The Morgan fingerprint density at radius 1 is 1.53 bits per heavy atom. The Balaban J connectivity index is 1.47. The maximum atomic E-state index is 5.33. The third kappa shape index (κ3) is 3.05. The monoisotopic (exact) mass is 275 g/mol. The summed E-state index contributed by atoms with van der Waals surface area (Å²) in [6, 6.07) is 4.41. The Bertz CT molecular complexity index is 598. The standard InChI is InChI=1S/C14H17N3OS/c1-11(4-5-13-3-2-7-18-13)15-9-12-10-17-6-8-19-14(17)16-12/h2-3,6-8,10-11,15H,4-5,9H2,1H3. The molecule has 0 fully saturated rings. The zero-order valence-electron chi connectivity index (χ0n) is 10.9. The van der Waals surface area contributed by atoms with Gasteiger partial charge in [-0.15, -0.1) is 11.3 Å². The zero-order chi connectivity index (χ0) is 13.1. The van der Waals surface area contributed by atoms with Crippen molar-refractivity contribution in [2.45, 2.75) is 32.4 Å². The molecule has 1 N–H and O–H groups in total. The fourth-order valence-electron chi connectivity index (χ4n) is 2.06. The number of fused-ring (bicyclic) bond motifs is 1. The molecule has 1 unspecified atom stereocenters. The molecular formula is C14H17N3OS. The van der Waals surface area contributed by atoms with Crippen LogP contribution in [0.4, 0.5) is 0 Å². The third-order valence-corrected chi connectivity index (χ3v) is 3.95. The van der Waals surface area contributed by atoms with Gasteiger partial charge in [0.25, 0.3) is 0 Å². The molecule has 0 aliphatic rings. The van der Waals surface area contributed by atoms with Gasteiger partial charge in [0.1, 0.15) is 5.76 Å². The van der Waals surface area contributed by atoms with Crippen LogP contribution in [0.5, 0.6) is 0 Å². The minimum absolute atomic E-state index is 0.449. The number of furan rings is 1. The van der Waals surface area contributed by atoms with Crippen LogP contribution in [-0.2, 0) is 13.0 Å². The Morgan fingerprint density at radius 2 is 2.47 bits per heavy atom. The maximum absolute atomic E-state index is 5.33. The van der Waals surface area contributed by atoms with Gasteiger partial charge in [-0.1, -0.05) is 0 Å². The summed E-state index contributed by atoms with van der Waals surface area (Å²) in [4.78, 5) is 5.61. The van der Waals surface area contributed by atoms with E-state index < -0.39 is 0 Å². The molecule has 0 spiro atoms. The predicted octanol–water partition coefficient (Wildman–Crippen LogP) is 3.10. The molecule has 3 aromatic heterocycles. The number of nitrogens with zero attached hydrogens (tertiary/aromatic N) is 2. The molecule has 0 saturated carbocycles. The number of imidazole rings is 1.